The van der Waals surface area contributed by atoms with Gasteiger partial charge < -0.3 is 11.1 Å². The van der Waals surface area contributed by atoms with E-state index in [2.05, 4.69) is 17.4 Å². The third kappa shape index (κ3) is 2.54. The van der Waals surface area contributed by atoms with Crippen LogP contribution in [0.2, 0.25) is 0 Å². The van der Waals surface area contributed by atoms with Gasteiger partial charge in [0, 0.05) is 11.6 Å². The highest BCUT2D eigenvalue weighted by molar-refractivity contribution is 5.95. The van der Waals surface area contributed by atoms with E-state index in [0.29, 0.717) is 12.5 Å². The summed E-state index contributed by atoms with van der Waals surface area (Å²) in [7, 11) is 0. The smallest absolute Gasteiger partial charge is 0.227 e. The number of fused-ring (bicyclic) bond motifs is 1. The van der Waals surface area contributed by atoms with E-state index < -0.39 is 0 Å². The van der Waals surface area contributed by atoms with Crippen molar-refractivity contribution in [2.24, 2.45) is 17.6 Å². The van der Waals surface area contributed by atoms with Gasteiger partial charge in [-0.05, 0) is 48.2 Å². The number of anilines is 1. The second-order valence-electron chi connectivity index (χ2n) is 5.58. The first-order valence-corrected chi connectivity index (χ1v) is 7.27. The molecule has 0 radical (unpaired) electrons. The molecule has 0 aliphatic heterocycles. The molecule has 1 amide bonds. The second kappa shape index (κ2) is 5.63. The Bertz CT molecular complexity index is 623. The first-order valence-electron chi connectivity index (χ1n) is 7.27. The molecule has 2 atom stereocenters. The van der Waals surface area contributed by atoms with E-state index in [1.165, 1.54) is 5.39 Å². The fourth-order valence-corrected chi connectivity index (χ4v) is 3.17. The molecule has 3 N–H and O–H groups in total. The van der Waals surface area contributed by atoms with Gasteiger partial charge in [-0.15, -0.1) is 0 Å². The maximum Gasteiger partial charge on any atom is 0.227 e. The van der Waals surface area contributed by atoms with Crippen LogP contribution >= 0.6 is 0 Å². The maximum atomic E-state index is 12.4. The fourth-order valence-electron chi connectivity index (χ4n) is 3.17. The van der Waals surface area contributed by atoms with Crippen molar-refractivity contribution in [3.8, 4) is 0 Å². The Morgan fingerprint density at radius 1 is 1.15 bits per heavy atom. The zero-order valence-electron chi connectivity index (χ0n) is 11.5. The van der Waals surface area contributed by atoms with Crippen LogP contribution in [0.1, 0.15) is 19.3 Å². The minimum absolute atomic E-state index is 0.0754. The van der Waals surface area contributed by atoms with Crippen LogP contribution in [0, 0.1) is 11.8 Å². The van der Waals surface area contributed by atoms with Gasteiger partial charge in [0.2, 0.25) is 5.91 Å². The van der Waals surface area contributed by atoms with Crippen molar-refractivity contribution in [1.82, 2.24) is 0 Å². The third-order valence-electron chi connectivity index (χ3n) is 4.32. The molecule has 20 heavy (non-hydrogen) atoms. The maximum absolute atomic E-state index is 12.4. The molecular weight excluding hydrogens is 248 g/mol. The lowest BCUT2D eigenvalue weighted by Crippen LogP contribution is -2.29. The van der Waals surface area contributed by atoms with Crippen LogP contribution in [0.15, 0.2) is 42.5 Å². The number of benzene rings is 2. The lowest BCUT2D eigenvalue weighted by atomic mass is 9.95. The minimum Gasteiger partial charge on any atom is -0.330 e. The van der Waals surface area contributed by atoms with Crippen molar-refractivity contribution >= 4 is 22.4 Å². The zero-order chi connectivity index (χ0) is 13.9. The topological polar surface area (TPSA) is 55.1 Å². The summed E-state index contributed by atoms with van der Waals surface area (Å²) >= 11 is 0. The standard InChI is InChI=1S/C17H20N2O/c18-11-14-6-3-7-16(14)17(20)19-15-9-8-12-4-1-2-5-13(12)10-15/h1-2,4-5,8-10,14,16H,3,6-7,11,18H2,(H,19,20). The molecule has 1 fully saturated rings. The van der Waals surface area contributed by atoms with Gasteiger partial charge in [-0.2, -0.15) is 0 Å². The number of nitrogens with two attached hydrogens (primary N) is 1. The molecule has 3 rings (SSSR count). The van der Waals surface area contributed by atoms with Crippen molar-refractivity contribution in [3.63, 3.8) is 0 Å². The number of amides is 1. The Balaban J connectivity index is 1.77. The summed E-state index contributed by atoms with van der Waals surface area (Å²) in [6.45, 7) is 0.607. The minimum atomic E-state index is 0.0754. The normalized spacial score (nSPS) is 22.1. The highest BCUT2D eigenvalue weighted by Crippen LogP contribution is 2.32. The van der Waals surface area contributed by atoms with Gasteiger partial charge in [0.25, 0.3) is 0 Å². The SMILES string of the molecule is NCC1CCCC1C(=O)Nc1ccc2ccccc2c1. The summed E-state index contributed by atoms with van der Waals surface area (Å²) < 4.78 is 0. The molecule has 0 spiro atoms. The van der Waals surface area contributed by atoms with Crippen molar-refractivity contribution in [2.75, 3.05) is 11.9 Å². The van der Waals surface area contributed by atoms with Crippen LogP contribution in [0.5, 0.6) is 0 Å². The molecule has 3 nitrogen and oxygen atoms in total. The molecule has 2 unspecified atom stereocenters. The average molecular weight is 268 g/mol. The van der Waals surface area contributed by atoms with E-state index in [9.17, 15) is 4.79 Å². The Labute approximate surface area is 119 Å². The fraction of sp³-hybridized carbons (Fsp3) is 0.353. The molecule has 2 aromatic rings. The summed E-state index contributed by atoms with van der Waals surface area (Å²) in [5.74, 6) is 0.537. The van der Waals surface area contributed by atoms with Crippen molar-refractivity contribution < 1.29 is 4.79 Å². The summed E-state index contributed by atoms with van der Waals surface area (Å²) in [4.78, 5) is 12.4. The number of rotatable bonds is 3. The molecule has 0 saturated heterocycles. The number of nitrogens with one attached hydrogen (secondary N) is 1. The van der Waals surface area contributed by atoms with Gasteiger partial charge >= 0.3 is 0 Å². The molecule has 1 aliphatic carbocycles. The van der Waals surface area contributed by atoms with Crippen molar-refractivity contribution in [1.29, 1.82) is 0 Å². The van der Waals surface area contributed by atoms with Crippen LogP contribution in [0.4, 0.5) is 5.69 Å². The van der Waals surface area contributed by atoms with E-state index in [-0.39, 0.29) is 11.8 Å². The van der Waals surface area contributed by atoms with Gasteiger partial charge in [0.1, 0.15) is 0 Å². The van der Waals surface area contributed by atoms with Gasteiger partial charge in [0.05, 0.1) is 0 Å². The van der Waals surface area contributed by atoms with E-state index in [4.69, 9.17) is 5.73 Å². The molecule has 0 bridgehead atoms. The molecule has 2 aromatic carbocycles. The van der Waals surface area contributed by atoms with Gasteiger partial charge in [-0.1, -0.05) is 36.8 Å². The Morgan fingerprint density at radius 2 is 1.95 bits per heavy atom. The third-order valence-corrected chi connectivity index (χ3v) is 4.32. The number of hydrogen-bond acceptors (Lipinski definition) is 2. The quantitative estimate of drug-likeness (QED) is 0.898. The lowest BCUT2D eigenvalue weighted by Gasteiger charge is -2.17. The molecule has 104 valence electrons. The Hall–Kier alpha value is -1.87. The molecular formula is C17H20N2O. The van der Waals surface area contributed by atoms with Gasteiger partial charge in [-0.25, -0.2) is 0 Å². The molecule has 0 heterocycles. The van der Waals surface area contributed by atoms with Crippen molar-refractivity contribution in [2.45, 2.75) is 19.3 Å². The lowest BCUT2D eigenvalue weighted by molar-refractivity contribution is -0.120. The molecule has 1 saturated carbocycles. The highest BCUT2D eigenvalue weighted by atomic mass is 16.1. The van der Waals surface area contributed by atoms with Crippen LogP contribution in [0.3, 0.4) is 0 Å². The van der Waals surface area contributed by atoms with Crippen LogP contribution in [-0.4, -0.2) is 12.5 Å². The predicted molar refractivity (Wildman–Crippen MR) is 82.5 cm³/mol. The first kappa shape index (κ1) is 13.1. The summed E-state index contributed by atoms with van der Waals surface area (Å²) in [6, 6.07) is 14.2. The Morgan fingerprint density at radius 3 is 2.75 bits per heavy atom. The molecule has 1 aliphatic rings. The largest absolute Gasteiger partial charge is 0.330 e. The predicted octanol–water partition coefficient (Wildman–Crippen LogP) is 3.15. The average Bonchev–Trinajstić information content (AvgIpc) is 2.95. The van der Waals surface area contributed by atoms with E-state index in [1.807, 2.05) is 30.3 Å². The number of carbonyl (C=O) groups excluding carboxylic acids is 1. The summed E-state index contributed by atoms with van der Waals surface area (Å²) in [5.41, 5.74) is 6.62. The summed E-state index contributed by atoms with van der Waals surface area (Å²) in [6.07, 6.45) is 3.14. The van der Waals surface area contributed by atoms with Crippen LogP contribution in [0.25, 0.3) is 10.8 Å². The van der Waals surface area contributed by atoms with E-state index >= 15 is 0 Å². The van der Waals surface area contributed by atoms with Crippen molar-refractivity contribution in [3.05, 3.63) is 42.5 Å². The zero-order valence-corrected chi connectivity index (χ0v) is 11.5. The van der Waals surface area contributed by atoms with Crippen LogP contribution in [-0.2, 0) is 4.79 Å². The van der Waals surface area contributed by atoms with Crippen LogP contribution < -0.4 is 11.1 Å². The first-order chi connectivity index (χ1) is 9.78. The summed E-state index contributed by atoms with van der Waals surface area (Å²) in [5, 5.41) is 5.38. The monoisotopic (exact) mass is 268 g/mol. The Kier molecular flexibility index (Phi) is 3.70. The van der Waals surface area contributed by atoms with E-state index in [1.54, 1.807) is 0 Å². The number of carbonyl (C=O) groups is 1. The number of hydrogen-bond donors (Lipinski definition) is 2. The van der Waals surface area contributed by atoms with Gasteiger partial charge in [-0.3, -0.25) is 4.79 Å². The highest BCUT2D eigenvalue weighted by Gasteiger charge is 2.31. The second-order valence-corrected chi connectivity index (χ2v) is 5.58. The van der Waals surface area contributed by atoms with E-state index in [0.717, 1.165) is 30.3 Å². The molecule has 3 heteroatoms. The molecule has 0 aromatic heterocycles. The van der Waals surface area contributed by atoms with Gasteiger partial charge in [0.15, 0.2) is 0 Å².